The quantitative estimate of drug-likeness (QED) is 0.189. The molecule has 0 N–H and O–H groups in total. The van der Waals surface area contributed by atoms with Crippen LogP contribution in [0.4, 0.5) is 0 Å². The number of nitrogens with zero attached hydrogens (tertiary/aromatic N) is 3. The number of pyridine rings is 1. The van der Waals surface area contributed by atoms with Gasteiger partial charge in [-0.3, -0.25) is 4.98 Å². The Kier molecular flexibility index (Phi) is 6.64. The Hall–Kier alpha value is -6.10. The molecule has 0 unspecified atom stereocenters. The minimum Gasteiger partial charge on any atom is -0.255 e. The highest BCUT2D eigenvalue weighted by Crippen LogP contribution is 2.62. The van der Waals surface area contributed by atoms with Gasteiger partial charge in [0.1, 0.15) is 0 Å². The van der Waals surface area contributed by atoms with Gasteiger partial charge in [0.15, 0.2) is 5.82 Å². The van der Waals surface area contributed by atoms with E-state index in [0.717, 1.165) is 39.3 Å². The van der Waals surface area contributed by atoms with Crippen molar-refractivity contribution in [1.29, 1.82) is 0 Å². The monoisotopic (exact) mass is 655 g/mol. The first-order chi connectivity index (χ1) is 24.8. The number of hydrogen-bond acceptors (Lipinski definition) is 4. The first-order valence-corrected chi connectivity index (χ1v) is 17.7. The molecule has 6 aromatic carbocycles. The van der Waals surface area contributed by atoms with Crippen molar-refractivity contribution in [2.24, 2.45) is 0 Å². The molecule has 0 fully saturated rings. The Morgan fingerprint density at radius 3 is 1.60 bits per heavy atom. The van der Waals surface area contributed by atoms with Gasteiger partial charge in [-0.05, 0) is 63.7 Å². The maximum atomic E-state index is 5.15. The molecule has 0 bridgehead atoms. The van der Waals surface area contributed by atoms with Crippen LogP contribution >= 0.6 is 11.8 Å². The van der Waals surface area contributed by atoms with E-state index < -0.39 is 5.41 Å². The molecule has 1 spiro atoms. The van der Waals surface area contributed by atoms with Gasteiger partial charge in [0.2, 0.25) is 0 Å². The fourth-order valence-corrected chi connectivity index (χ4v) is 9.14. The molecular formula is C46H29N3S. The number of aromatic nitrogens is 3. The number of rotatable bonds is 4. The molecule has 0 radical (unpaired) electrons. The molecule has 234 valence electrons. The maximum absolute atomic E-state index is 5.15. The van der Waals surface area contributed by atoms with Gasteiger partial charge in [-0.2, -0.15) is 0 Å². The lowest BCUT2D eigenvalue weighted by atomic mass is 9.67. The summed E-state index contributed by atoms with van der Waals surface area (Å²) in [5, 5.41) is 0. The van der Waals surface area contributed by atoms with Crippen LogP contribution in [0, 0.1) is 0 Å². The number of hydrogen-bond donors (Lipinski definition) is 0. The molecule has 0 saturated carbocycles. The summed E-state index contributed by atoms with van der Waals surface area (Å²) in [6, 6.07) is 60.4. The first-order valence-electron chi connectivity index (χ1n) is 16.9. The molecule has 0 atom stereocenters. The van der Waals surface area contributed by atoms with E-state index in [1.54, 1.807) is 0 Å². The summed E-state index contributed by atoms with van der Waals surface area (Å²) >= 11 is 1.84. The van der Waals surface area contributed by atoms with Gasteiger partial charge >= 0.3 is 0 Å². The highest BCUT2D eigenvalue weighted by Gasteiger charge is 2.50. The van der Waals surface area contributed by atoms with Gasteiger partial charge in [-0.1, -0.05) is 151 Å². The standard InChI is InChI=1S/C46H29N3S/c1-3-14-30(15-4-1)40-29-41(31-16-5-2-6-17-31)49-45(48-40)35-20-13-27-47-44(35)32-25-26-39-43(28-32)50-42-24-12-11-23-38(42)46(39)36-21-9-7-18-33(36)34-19-8-10-22-37(34)46/h1-29H. The van der Waals surface area contributed by atoms with Crippen molar-refractivity contribution in [3.63, 3.8) is 0 Å². The van der Waals surface area contributed by atoms with Crippen LogP contribution in [0.2, 0.25) is 0 Å². The van der Waals surface area contributed by atoms with Crippen molar-refractivity contribution >= 4 is 11.8 Å². The smallest absolute Gasteiger partial charge is 0.162 e. The minimum atomic E-state index is -0.409. The maximum Gasteiger partial charge on any atom is 0.162 e. The summed E-state index contributed by atoms with van der Waals surface area (Å²) in [5.74, 6) is 0.652. The molecule has 4 heteroatoms. The van der Waals surface area contributed by atoms with Gasteiger partial charge in [0.05, 0.1) is 22.5 Å². The lowest BCUT2D eigenvalue weighted by Crippen LogP contribution is -2.31. The molecule has 3 nitrogen and oxygen atoms in total. The number of benzene rings is 6. The van der Waals surface area contributed by atoms with Crippen LogP contribution in [0.1, 0.15) is 22.3 Å². The van der Waals surface area contributed by atoms with Crippen LogP contribution in [-0.2, 0) is 5.41 Å². The molecule has 0 saturated heterocycles. The zero-order valence-electron chi connectivity index (χ0n) is 27.0. The van der Waals surface area contributed by atoms with Crippen molar-refractivity contribution in [3.8, 4) is 56.3 Å². The van der Waals surface area contributed by atoms with E-state index in [-0.39, 0.29) is 0 Å². The molecule has 1 aliphatic heterocycles. The van der Waals surface area contributed by atoms with E-state index in [1.807, 2.05) is 60.4 Å². The molecule has 0 amide bonds. The summed E-state index contributed by atoms with van der Waals surface area (Å²) in [6.07, 6.45) is 1.87. The molecule has 2 aliphatic rings. The Balaban J connectivity index is 1.18. The Labute approximate surface area is 295 Å². The highest BCUT2D eigenvalue weighted by atomic mass is 32.2. The van der Waals surface area contributed by atoms with Crippen LogP contribution in [0.25, 0.3) is 56.3 Å². The van der Waals surface area contributed by atoms with Crippen molar-refractivity contribution < 1.29 is 0 Å². The normalized spacial score (nSPS) is 13.3. The Bertz CT molecular complexity index is 2480. The zero-order valence-corrected chi connectivity index (χ0v) is 27.8. The van der Waals surface area contributed by atoms with Crippen molar-refractivity contribution in [3.05, 3.63) is 198 Å². The topological polar surface area (TPSA) is 38.7 Å². The van der Waals surface area contributed by atoms with Crippen LogP contribution in [0.5, 0.6) is 0 Å². The second kappa shape index (κ2) is 11.5. The van der Waals surface area contributed by atoms with Crippen molar-refractivity contribution in [2.45, 2.75) is 15.2 Å². The van der Waals surface area contributed by atoms with Crippen LogP contribution in [0.15, 0.2) is 186 Å². The minimum absolute atomic E-state index is 0.409. The zero-order chi connectivity index (χ0) is 33.1. The van der Waals surface area contributed by atoms with Crippen LogP contribution < -0.4 is 0 Å². The van der Waals surface area contributed by atoms with E-state index in [0.29, 0.717) is 5.82 Å². The van der Waals surface area contributed by atoms with E-state index in [1.165, 1.54) is 43.2 Å². The van der Waals surface area contributed by atoms with Gasteiger partial charge < -0.3 is 0 Å². The largest absolute Gasteiger partial charge is 0.255 e. The van der Waals surface area contributed by atoms with E-state index in [9.17, 15) is 0 Å². The molecule has 1 aliphatic carbocycles. The SMILES string of the molecule is c1ccc(-c2cc(-c3ccccc3)nc(-c3cccnc3-c3ccc4c(c3)Sc3ccccc3C43c4ccccc4-c4ccccc43)n2)cc1. The van der Waals surface area contributed by atoms with Gasteiger partial charge in [0, 0.05) is 38.2 Å². The lowest BCUT2D eigenvalue weighted by Gasteiger charge is -2.39. The molecule has 50 heavy (non-hydrogen) atoms. The second-order valence-electron chi connectivity index (χ2n) is 12.7. The van der Waals surface area contributed by atoms with Crippen LogP contribution in [0.3, 0.4) is 0 Å². The van der Waals surface area contributed by atoms with Crippen molar-refractivity contribution in [1.82, 2.24) is 15.0 Å². The average molecular weight is 656 g/mol. The van der Waals surface area contributed by atoms with E-state index >= 15 is 0 Å². The highest BCUT2D eigenvalue weighted by molar-refractivity contribution is 7.99. The summed E-state index contributed by atoms with van der Waals surface area (Å²) < 4.78 is 0. The summed E-state index contributed by atoms with van der Waals surface area (Å²) in [7, 11) is 0. The second-order valence-corrected chi connectivity index (χ2v) is 13.8. The molecule has 3 heterocycles. The third-order valence-electron chi connectivity index (χ3n) is 10.0. The van der Waals surface area contributed by atoms with Gasteiger partial charge in [-0.25, -0.2) is 9.97 Å². The first kappa shape index (κ1) is 28.9. The van der Waals surface area contributed by atoms with E-state index in [4.69, 9.17) is 15.0 Å². The fourth-order valence-electron chi connectivity index (χ4n) is 7.91. The van der Waals surface area contributed by atoms with Crippen molar-refractivity contribution in [2.75, 3.05) is 0 Å². The summed E-state index contributed by atoms with van der Waals surface area (Å²) in [4.78, 5) is 17.8. The predicted octanol–water partition coefficient (Wildman–Crippen LogP) is 11.4. The number of fused-ring (bicyclic) bond motifs is 9. The predicted molar refractivity (Wildman–Crippen MR) is 203 cm³/mol. The fraction of sp³-hybridized carbons (Fsp3) is 0.0217. The average Bonchev–Trinajstić information content (AvgIpc) is 3.49. The molecular weight excluding hydrogens is 627 g/mol. The molecule has 2 aromatic heterocycles. The van der Waals surface area contributed by atoms with Gasteiger partial charge in [-0.15, -0.1) is 0 Å². The van der Waals surface area contributed by atoms with Gasteiger partial charge in [0.25, 0.3) is 0 Å². The summed E-state index contributed by atoms with van der Waals surface area (Å²) in [6.45, 7) is 0. The molecule has 10 rings (SSSR count). The van der Waals surface area contributed by atoms with E-state index in [2.05, 4.69) is 127 Å². The van der Waals surface area contributed by atoms with Crippen LogP contribution in [-0.4, -0.2) is 15.0 Å². The lowest BCUT2D eigenvalue weighted by molar-refractivity contribution is 0.722. The third kappa shape index (κ3) is 4.35. The summed E-state index contributed by atoms with van der Waals surface area (Å²) in [5.41, 5.74) is 14.1. The Morgan fingerprint density at radius 2 is 0.940 bits per heavy atom. The third-order valence-corrected chi connectivity index (χ3v) is 11.2. The Morgan fingerprint density at radius 1 is 0.400 bits per heavy atom. The molecule has 8 aromatic rings.